The van der Waals surface area contributed by atoms with E-state index in [1.54, 1.807) is 30.3 Å². The van der Waals surface area contributed by atoms with E-state index in [1.807, 2.05) is 4.90 Å². The number of amides is 1. The second-order valence-corrected chi connectivity index (χ2v) is 8.96. The molecule has 1 amide bonds. The lowest BCUT2D eigenvalue weighted by atomic mass is 9.97. The largest absolute Gasteiger partial charge is 0.497 e. The first kappa shape index (κ1) is 19.6. The zero-order chi connectivity index (χ0) is 20.4. The van der Waals surface area contributed by atoms with Gasteiger partial charge in [0.2, 0.25) is 0 Å². The molecule has 1 unspecified atom stereocenters. The van der Waals surface area contributed by atoms with E-state index >= 15 is 0 Å². The predicted molar refractivity (Wildman–Crippen MR) is 109 cm³/mol. The van der Waals surface area contributed by atoms with Gasteiger partial charge in [0.25, 0.3) is 15.9 Å². The predicted octanol–water partition coefficient (Wildman–Crippen LogP) is 3.27. The van der Waals surface area contributed by atoms with Crippen molar-refractivity contribution in [1.82, 2.24) is 4.90 Å². The minimum absolute atomic E-state index is 0.102. The molecule has 0 spiro atoms. The molecule has 0 radical (unpaired) electrons. The summed E-state index contributed by atoms with van der Waals surface area (Å²) in [5, 5.41) is 0. The summed E-state index contributed by atoms with van der Waals surface area (Å²) in [7, 11) is -2.27. The lowest BCUT2D eigenvalue weighted by molar-refractivity contribution is 0.0548. The van der Waals surface area contributed by atoms with Crippen molar-refractivity contribution >= 4 is 21.6 Å². The van der Waals surface area contributed by atoms with E-state index in [4.69, 9.17) is 9.47 Å². The van der Waals surface area contributed by atoms with Crippen LogP contribution in [0, 0.1) is 0 Å². The smallest absolute Gasteiger partial charge is 0.261 e. The van der Waals surface area contributed by atoms with Crippen LogP contribution in [0.4, 0.5) is 5.69 Å². The first-order chi connectivity index (χ1) is 14.0. The van der Waals surface area contributed by atoms with E-state index < -0.39 is 10.0 Å². The van der Waals surface area contributed by atoms with Gasteiger partial charge in [-0.15, -0.1) is 0 Å². The van der Waals surface area contributed by atoms with Crippen LogP contribution < -0.4 is 14.2 Å². The Hall–Kier alpha value is -2.74. The molecule has 0 bridgehead atoms. The van der Waals surface area contributed by atoms with Crippen LogP contribution in [0.25, 0.3) is 0 Å². The molecule has 2 aromatic carbocycles. The number of sulfonamides is 1. The maximum Gasteiger partial charge on any atom is 0.261 e. The summed E-state index contributed by atoms with van der Waals surface area (Å²) in [6.45, 7) is 1.27. The average molecular weight is 416 g/mol. The summed E-state index contributed by atoms with van der Waals surface area (Å²) in [4.78, 5) is 15.2. The highest BCUT2D eigenvalue weighted by atomic mass is 32.2. The normalized spacial score (nSPS) is 19.3. The van der Waals surface area contributed by atoms with Gasteiger partial charge in [0.15, 0.2) is 0 Å². The maximum atomic E-state index is 13.1. The quantitative estimate of drug-likeness (QED) is 0.827. The SMILES string of the molecule is COc1ccc(S(=O)(=O)Nc2ccc3c(c2)C(=O)N2CCCCC2CCO3)cc1. The third-order valence-corrected chi connectivity index (χ3v) is 6.83. The Morgan fingerprint density at radius 2 is 1.90 bits per heavy atom. The molecule has 1 N–H and O–H groups in total. The molecular weight excluding hydrogens is 392 g/mol. The number of fused-ring (bicyclic) bond motifs is 2. The van der Waals surface area contributed by atoms with Crippen LogP contribution in [0.2, 0.25) is 0 Å². The number of carbonyl (C=O) groups excluding carboxylic acids is 1. The van der Waals surface area contributed by atoms with Gasteiger partial charge in [0, 0.05) is 24.7 Å². The van der Waals surface area contributed by atoms with Crippen LogP contribution in [-0.4, -0.2) is 45.5 Å². The number of anilines is 1. The number of hydrogen-bond donors (Lipinski definition) is 1. The van der Waals surface area contributed by atoms with Crippen molar-refractivity contribution in [3.63, 3.8) is 0 Å². The third-order valence-electron chi connectivity index (χ3n) is 5.43. The fourth-order valence-electron chi connectivity index (χ4n) is 3.88. The standard InChI is InChI=1S/C21H24N2O5S/c1-27-17-6-8-18(9-7-17)29(25,26)22-15-5-10-20-19(14-15)21(24)23-12-3-2-4-16(23)11-13-28-20/h5-10,14,16,22H,2-4,11-13H2,1H3. The van der Waals surface area contributed by atoms with E-state index in [-0.39, 0.29) is 16.8 Å². The van der Waals surface area contributed by atoms with Crippen molar-refractivity contribution in [2.24, 2.45) is 0 Å². The molecule has 2 aromatic rings. The minimum Gasteiger partial charge on any atom is -0.497 e. The van der Waals surface area contributed by atoms with Crippen LogP contribution in [0.3, 0.4) is 0 Å². The second-order valence-electron chi connectivity index (χ2n) is 7.28. The maximum absolute atomic E-state index is 13.1. The number of carbonyl (C=O) groups is 1. The molecule has 0 saturated carbocycles. The third kappa shape index (κ3) is 4.03. The summed E-state index contributed by atoms with van der Waals surface area (Å²) >= 11 is 0. The summed E-state index contributed by atoms with van der Waals surface area (Å²) in [6.07, 6.45) is 3.90. The Labute approximate surface area is 170 Å². The summed E-state index contributed by atoms with van der Waals surface area (Å²) < 4.78 is 38.9. The molecule has 2 aliphatic rings. The monoisotopic (exact) mass is 416 g/mol. The van der Waals surface area contributed by atoms with Crippen LogP contribution >= 0.6 is 0 Å². The van der Waals surface area contributed by atoms with Crippen molar-refractivity contribution < 1.29 is 22.7 Å². The van der Waals surface area contributed by atoms with E-state index in [1.165, 1.54) is 19.2 Å². The molecule has 29 heavy (non-hydrogen) atoms. The van der Waals surface area contributed by atoms with E-state index in [0.717, 1.165) is 32.2 Å². The highest BCUT2D eigenvalue weighted by molar-refractivity contribution is 7.92. The molecule has 2 aliphatic heterocycles. The number of ether oxygens (including phenoxy) is 2. The van der Waals surface area contributed by atoms with Crippen molar-refractivity contribution in [3.8, 4) is 11.5 Å². The number of nitrogens with one attached hydrogen (secondary N) is 1. The Bertz CT molecular complexity index is 1000. The van der Waals surface area contributed by atoms with Crippen LogP contribution in [0.1, 0.15) is 36.0 Å². The molecule has 2 heterocycles. The molecule has 0 aliphatic carbocycles. The van der Waals surface area contributed by atoms with Gasteiger partial charge in [-0.25, -0.2) is 8.42 Å². The minimum atomic E-state index is -3.79. The number of nitrogens with zero attached hydrogens (tertiary/aromatic N) is 1. The highest BCUT2D eigenvalue weighted by Gasteiger charge is 2.31. The van der Waals surface area contributed by atoms with Gasteiger partial charge >= 0.3 is 0 Å². The Morgan fingerprint density at radius 1 is 1.10 bits per heavy atom. The van der Waals surface area contributed by atoms with E-state index in [2.05, 4.69) is 4.72 Å². The zero-order valence-corrected chi connectivity index (χ0v) is 17.1. The molecule has 0 aromatic heterocycles. The van der Waals surface area contributed by atoms with Crippen molar-refractivity contribution in [1.29, 1.82) is 0 Å². The van der Waals surface area contributed by atoms with Crippen molar-refractivity contribution in [2.75, 3.05) is 25.0 Å². The van der Waals surface area contributed by atoms with E-state index in [0.29, 0.717) is 29.4 Å². The number of rotatable bonds is 4. The Balaban J connectivity index is 1.62. The number of piperidine rings is 1. The molecule has 1 fully saturated rings. The van der Waals surface area contributed by atoms with Gasteiger partial charge in [0.1, 0.15) is 11.5 Å². The van der Waals surface area contributed by atoms with Crippen LogP contribution in [0.15, 0.2) is 47.4 Å². The first-order valence-corrected chi connectivity index (χ1v) is 11.2. The fraction of sp³-hybridized carbons (Fsp3) is 0.381. The van der Waals surface area contributed by atoms with Gasteiger partial charge in [-0.3, -0.25) is 9.52 Å². The lowest BCUT2D eigenvalue weighted by Gasteiger charge is -2.37. The average Bonchev–Trinajstić information content (AvgIpc) is 2.73. The van der Waals surface area contributed by atoms with Gasteiger partial charge in [-0.2, -0.15) is 0 Å². The molecule has 8 heteroatoms. The molecule has 1 atom stereocenters. The molecule has 154 valence electrons. The fourth-order valence-corrected chi connectivity index (χ4v) is 4.93. The summed E-state index contributed by atoms with van der Waals surface area (Å²) in [5.41, 5.74) is 0.720. The van der Waals surface area contributed by atoms with Gasteiger partial charge in [-0.05, 0) is 61.7 Å². The van der Waals surface area contributed by atoms with Crippen molar-refractivity contribution in [3.05, 3.63) is 48.0 Å². The van der Waals surface area contributed by atoms with Crippen LogP contribution in [-0.2, 0) is 10.0 Å². The molecular formula is C21H24N2O5S. The van der Waals surface area contributed by atoms with E-state index in [9.17, 15) is 13.2 Å². The molecule has 7 nitrogen and oxygen atoms in total. The van der Waals surface area contributed by atoms with Gasteiger partial charge in [-0.1, -0.05) is 0 Å². The number of hydrogen-bond acceptors (Lipinski definition) is 5. The van der Waals surface area contributed by atoms with Crippen molar-refractivity contribution in [2.45, 2.75) is 36.6 Å². The lowest BCUT2D eigenvalue weighted by Crippen LogP contribution is -2.45. The number of methoxy groups -OCH3 is 1. The highest BCUT2D eigenvalue weighted by Crippen LogP contribution is 2.31. The summed E-state index contributed by atoms with van der Waals surface area (Å²) in [6, 6.07) is 11.1. The first-order valence-electron chi connectivity index (χ1n) is 9.72. The van der Waals surface area contributed by atoms with Crippen LogP contribution in [0.5, 0.6) is 11.5 Å². The molecule has 4 rings (SSSR count). The Morgan fingerprint density at radius 3 is 2.66 bits per heavy atom. The van der Waals surface area contributed by atoms with Gasteiger partial charge < -0.3 is 14.4 Å². The molecule has 1 saturated heterocycles. The summed E-state index contributed by atoms with van der Waals surface area (Å²) in [5.74, 6) is 0.963. The topological polar surface area (TPSA) is 84.9 Å². The van der Waals surface area contributed by atoms with Gasteiger partial charge in [0.05, 0.1) is 24.2 Å². The number of benzene rings is 2. The Kier molecular flexibility index (Phi) is 5.36. The zero-order valence-electron chi connectivity index (χ0n) is 16.3. The second kappa shape index (κ2) is 7.94.